The van der Waals surface area contributed by atoms with Crippen LogP contribution in [0.5, 0.6) is 0 Å². The zero-order valence-electron chi connectivity index (χ0n) is 12.3. The number of amides is 1. The molecule has 0 saturated carbocycles. The summed E-state index contributed by atoms with van der Waals surface area (Å²) in [6.45, 7) is 6.03. The average molecular weight is 271 g/mol. The number of benzene rings is 1. The van der Waals surface area contributed by atoms with E-state index in [0.29, 0.717) is 6.42 Å². The number of carbonyl (C=O) groups excluding carboxylic acids is 1. The molecule has 0 unspecified atom stereocenters. The molecule has 0 radical (unpaired) electrons. The lowest BCUT2D eigenvalue weighted by Gasteiger charge is -2.14. The maximum atomic E-state index is 12.1. The Balaban J connectivity index is 1.98. The molecule has 4 nitrogen and oxygen atoms in total. The Morgan fingerprint density at radius 3 is 2.75 bits per heavy atom. The lowest BCUT2D eigenvalue weighted by atomic mass is 10.1. The van der Waals surface area contributed by atoms with E-state index >= 15 is 0 Å². The highest BCUT2D eigenvalue weighted by Crippen LogP contribution is 2.17. The van der Waals surface area contributed by atoms with Crippen molar-refractivity contribution in [3.05, 3.63) is 47.8 Å². The van der Waals surface area contributed by atoms with Crippen LogP contribution in [0.15, 0.2) is 36.5 Å². The first-order chi connectivity index (χ1) is 9.60. The molecule has 2 rings (SSSR count). The second-order valence-electron chi connectivity index (χ2n) is 5.05. The second kappa shape index (κ2) is 6.37. The summed E-state index contributed by atoms with van der Waals surface area (Å²) in [6.07, 6.45) is 3.23. The summed E-state index contributed by atoms with van der Waals surface area (Å²) in [7, 11) is 0. The van der Waals surface area contributed by atoms with Crippen LogP contribution in [0.3, 0.4) is 0 Å². The van der Waals surface area contributed by atoms with Crippen LogP contribution in [0.2, 0.25) is 0 Å². The normalized spacial score (nSPS) is 12.2. The van der Waals surface area contributed by atoms with Gasteiger partial charge in [0, 0.05) is 18.3 Å². The predicted molar refractivity (Wildman–Crippen MR) is 80.7 cm³/mol. The van der Waals surface area contributed by atoms with Gasteiger partial charge >= 0.3 is 0 Å². The van der Waals surface area contributed by atoms with E-state index in [4.69, 9.17) is 0 Å². The average Bonchev–Trinajstić information content (AvgIpc) is 2.86. The van der Waals surface area contributed by atoms with Gasteiger partial charge in [-0.2, -0.15) is 5.10 Å². The first kappa shape index (κ1) is 14.3. The Bertz CT molecular complexity index is 589. The van der Waals surface area contributed by atoms with Crippen LogP contribution in [0.25, 0.3) is 0 Å². The Labute approximate surface area is 119 Å². The van der Waals surface area contributed by atoms with E-state index in [-0.39, 0.29) is 11.9 Å². The number of nitrogens with zero attached hydrogens (tertiary/aromatic N) is 2. The van der Waals surface area contributed by atoms with Gasteiger partial charge in [0.05, 0.1) is 11.7 Å². The Morgan fingerprint density at radius 1 is 1.35 bits per heavy atom. The molecular formula is C16H21N3O. The second-order valence-corrected chi connectivity index (χ2v) is 5.05. The largest absolute Gasteiger partial charge is 0.326 e. The fraction of sp³-hybridized carbons (Fsp3) is 0.375. The zero-order valence-corrected chi connectivity index (χ0v) is 12.3. The van der Waals surface area contributed by atoms with Crippen molar-refractivity contribution in [3.63, 3.8) is 0 Å². The van der Waals surface area contributed by atoms with Crippen molar-refractivity contribution in [2.45, 2.75) is 39.7 Å². The summed E-state index contributed by atoms with van der Waals surface area (Å²) in [6, 6.07) is 9.91. The standard InChI is InChI=1S/C16H21N3O/c1-4-14-7-5-6-8-15(14)17-16(20)11-13(3)19-10-9-12(2)18-19/h5-10,13H,4,11H2,1-3H3,(H,17,20)/t13-/m1/s1. The van der Waals surface area contributed by atoms with Gasteiger partial charge in [-0.3, -0.25) is 9.48 Å². The number of aryl methyl sites for hydroxylation is 2. The van der Waals surface area contributed by atoms with Gasteiger partial charge in [-0.05, 0) is 38.0 Å². The molecule has 1 aromatic heterocycles. The lowest BCUT2D eigenvalue weighted by molar-refractivity contribution is -0.116. The quantitative estimate of drug-likeness (QED) is 0.906. The zero-order chi connectivity index (χ0) is 14.5. The summed E-state index contributed by atoms with van der Waals surface area (Å²) in [5.41, 5.74) is 3.03. The molecule has 1 N–H and O–H groups in total. The van der Waals surface area contributed by atoms with Gasteiger partial charge < -0.3 is 5.32 Å². The lowest BCUT2D eigenvalue weighted by Crippen LogP contribution is -2.18. The van der Waals surface area contributed by atoms with Crippen molar-refractivity contribution >= 4 is 11.6 Å². The van der Waals surface area contributed by atoms with E-state index in [1.54, 1.807) is 0 Å². The minimum atomic E-state index is 0.0200. The minimum Gasteiger partial charge on any atom is -0.326 e. The fourth-order valence-corrected chi connectivity index (χ4v) is 2.19. The minimum absolute atomic E-state index is 0.0200. The van der Waals surface area contributed by atoms with E-state index in [0.717, 1.165) is 23.4 Å². The number of nitrogens with one attached hydrogen (secondary N) is 1. The fourth-order valence-electron chi connectivity index (χ4n) is 2.19. The van der Waals surface area contributed by atoms with Gasteiger partial charge in [0.2, 0.25) is 5.91 Å². The van der Waals surface area contributed by atoms with E-state index < -0.39 is 0 Å². The Hall–Kier alpha value is -2.10. The highest BCUT2D eigenvalue weighted by molar-refractivity contribution is 5.91. The summed E-state index contributed by atoms with van der Waals surface area (Å²) >= 11 is 0. The SMILES string of the molecule is CCc1ccccc1NC(=O)C[C@@H](C)n1ccc(C)n1. The Kier molecular flexibility index (Phi) is 4.56. The van der Waals surface area contributed by atoms with E-state index in [1.165, 1.54) is 0 Å². The summed E-state index contributed by atoms with van der Waals surface area (Å²) in [5, 5.41) is 7.33. The number of carbonyl (C=O) groups is 1. The monoisotopic (exact) mass is 271 g/mol. The molecule has 0 aliphatic carbocycles. The number of rotatable bonds is 5. The van der Waals surface area contributed by atoms with Gasteiger partial charge in [0.1, 0.15) is 0 Å². The summed E-state index contributed by atoms with van der Waals surface area (Å²) < 4.78 is 1.83. The first-order valence-corrected chi connectivity index (χ1v) is 6.99. The molecule has 106 valence electrons. The molecule has 1 heterocycles. The van der Waals surface area contributed by atoms with Crippen molar-refractivity contribution in [2.24, 2.45) is 0 Å². The highest BCUT2D eigenvalue weighted by Gasteiger charge is 2.12. The molecule has 20 heavy (non-hydrogen) atoms. The van der Waals surface area contributed by atoms with Gasteiger partial charge in [-0.15, -0.1) is 0 Å². The molecule has 0 aliphatic heterocycles. The van der Waals surface area contributed by atoms with Crippen LogP contribution >= 0.6 is 0 Å². The number of hydrogen-bond donors (Lipinski definition) is 1. The van der Waals surface area contributed by atoms with Crippen LogP contribution in [0, 0.1) is 6.92 Å². The number of para-hydroxylation sites is 1. The predicted octanol–water partition coefficient (Wildman–Crippen LogP) is 3.34. The van der Waals surface area contributed by atoms with Crippen LogP contribution in [-0.2, 0) is 11.2 Å². The molecule has 0 spiro atoms. The van der Waals surface area contributed by atoms with Crippen molar-refractivity contribution in [3.8, 4) is 0 Å². The molecule has 1 aromatic carbocycles. The van der Waals surface area contributed by atoms with Crippen LogP contribution < -0.4 is 5.32 Å². The molecule has 1 atom stereocenters. The number of anilines is 1. The van der Waals surface area contributed by atoms with Crippen molar-refractivity contribution in [1.29, 1.82) is 0 Å². The molecule has 4 heteroatoms. The van der Waals surface area contributed by atoms with Crippen LogP contribution in [0.4, 0.5) is 5.69 Å². The Morgan fingerprint density at radius 2 is 2.10 bits per heavy atom. The van der Waals surface area contributed by atoms with Crippen LogP contribution in [-0.4, -0.2) is 15.7 Å². The molecule has 1 amide bonds. The maximum absolute atomic E-state index is 12.1. The summed E-state index contributed by atoms with van der Waals surface area (Å²) in [5.74, 6) is 0.0200. The van der Waals surface area contributed by atoms with Gasteiger partial charge in [-0.1, -0.05) is 25.1 Å². The van der Waals surface area contributed by atoms with Crippen molar-refractivity contribution in [1.82, 2.24) is 9.78 Å². The summed E-state index contributed by atoms with van der Waals surface area (Å²) in [4.78, 5) is 12.1. The first-order valence-electron chi connectivity index (χ1n) is 6.99. The van der Waals surface area contributed by atoms with E-state index in [1.807, 2.05) is 55.1 Å². The molecular weight excluding hydrogens is 250 g/mol. The third kappa shape index (κ3) is 3.47. The number of hydrogen-bond acceptors (Lipinski definition) is 2. The smallest absolute Gasteiger partial charge is 0.226 e. The molecule has 0 bridgehead atoms. The van der Waals surface area contributed by atoms with Gasteiger partial charge in [0.25, 0.3) is 0 Å². The van der Waals surface area contributed by atoms with Crippen molar-refractivity contribution < 1.29 is 4.79 Å². The van der Waals surface area contributed by atoms with Crippen molar-refractivity contribution in [2.75, 3.05) is 5.32 Å². The van der Waals surface area contributed by atoms with Gasteiger partial charge in [0.15, 0.2) is 0 Å². The molecule has 0 aliphatic rings. The third-order valence-corrected chi connectivity index (χ3v) is 3.35. The molecule has 0 fully saturated rings. The number of aromatic nitrogens is 2. The third-order valence-electron chi connectivity index (χ3n) is 3.35. The highest BCUT2D eigenvalue weighted by atomic mass is 16.1. The molecule has 2 aromatic rings. The van der Waals surface area contributed by atoms with E-state index in [2.05, 4.69) is 17.3 Å². The maximum Gasteiger partial charge on any atom is 0.226 e. The van der Waals surface area contributed by atoms with Crippen LogP contribution in [0.1, 0.15) is 37.6 Å². The van der Waals surface area contributed by atoms with E-state index in [9.17, 15) is 4.79 Å². The molecule has 0 saturated heterocycles. The van der Waals surface area contributed by atoms with Gasteiger partial charge in [-0.25, -0.2) is 0 Å². The topological polar surface area (TPSA) is 46.9 Å².